The standard InChI is InChI=1S/C29H42NO3P/c1-8-10-12-13-29(7,21-28(31)33-14-11-9-2)30-34(32,26-17-22(3)15-23(4)18-26)27-19-24(5)16-25(6)20-27/h12-13,15-20H,8-11,14,21H2,1-7H3,(H,30,32)/b13-12+. The van der Waals surface area contributed by atoms with Crippen molar-refractivity contribution in [1.29, 1.82) is 0 Å². The first-order chi connectivity index (χ1) is 16.0. The molecule has 4 nitrogen and oxygen atoms in total. The summed E-state index contributed by atoms with van der Waals surface area (Å²) >= 11 is 0. The number of carbonyl (C=O) groups excluding carboxylic acids is 1. The lowest BCUT2D eigenvalue weighted by Gasteiger charge is -2.33. The molecule has 0 saturated carbocycles. The van der Waals surface area contributed by atoms with Crippen LogP contribution >= 0.6 is 7.29 Å². The third-order valence-corrected chi connectivity index (χ3v) is 8.56. The molecule has 0 fully saturated rings. The second-order valence-electron chi connectivity index (χ2n) is 9.77. The minimum atomic E-state index is -3.30. The number of unbranched alkanes of at least 4 members (excludes halogenated alkanes) is 2. The van der Waals surface area contributed by atoms with Crippen LogP contribution in [0, 0.1) is 27.7 Å². The summed E-state index contributed by atoms with van der Waals surface area (Å²) < 4.78 is 20.5. The van der Waals surface area contributed by atoms with Crippen LogP contribution in [0.5, 0.6) is 0 Å². The molecule has 0 saturated heterocycles. The van der Waals surface area contributed by atoms with Gasteiger partial charge in [0.1, 0.15) is 0 Å². The molecule has 0 aromatic heterocycles. The van der Waals surface area contributed by atoms with E-state index in [0.29, 0.717) is 6.61 Å². The second-order valence-corrected chi connectivity index (χ2v) is 12.2. The normalized spacial score (nSPS) is 13.7. The molecule has 0 heterocycles. The van der Waals surface area contributed by atoms with Gasteiger partial charge in [-0.2, -0.15) is 0 Å². The lowest BCUT2D eigenvalue weighted by atomic mass is 9.98. The van der Waals surface area contributed by atoms with Crippen LogP contribution in [0.4, 0.5) is 0 Å². The smallest absolute Gasteiger partial charge is 0.307 e. The van der Waals surface area contributed by atoms with E-state index in [1.54, 1.807) is 0 Å². The third kappa shape index (κ3) is 7.96. The van der Waals surface area contributed by atoms with Crippen LogP contribution in [-0.4, -0.2) is 18.1 Å². The fourth-order valence-corrected chi connectivity index (χ4v) is 7.20. The number of aryl methyl sites for hydroxylation is 4. The fraction of sp³-hybridized carbons (Fsp3) is 0.483. The van der Waals surface area contributed by atoms with E-state index in [4.69, 9.17) is 4.74 Å². The second kappa shape index (κ2) is 12.5. The van der Waals surface area contributed by atoms with Crippen molar-refractivity contribution in [2.75, 3.05) is 6.61 Å². The Kier molecular flexibility index (Phi) is 10.3. The Morgan fingerprint density at radius 1 is 0.912 bits per heavy atom. The number of carbonyl (C=O) groups is 1. The van der Waals surface area contributed by atoms with E-state index in [1.807, 2.05) is 65.0 Å². The Labute approximate surface area is 206 Å². The Hall–Kier alpha value is -2.16. The van der Waals surface area contributed by atoms with Crippen molar-refractivity contribution in [3.05, 3.63) is 70.8 Å². The molecule has 186 valence electrons. The summed E-state index contributed by atoms with van der Waals surface area (Å²) in [6, 6.07) is 12.1. The molecule has 0 spiro atoms. The van der Waals surface area contributed by atoms with Gasteiger partial charge in [0.15, 0.2) is 0 Å². The Morgan fingerprint density at radius 3 is 1.85 bits per heavy atom. The predicted molar refractivity (Wildman–Crippen MR) is 145 cm³/mol. The van der Waals surface area contributed by atoms with Gasteiger partial charge in [-0.1, -0.05) is 73.2 Å². The third-order valence-electron chi connectivity index (χ3n) is 5.77. The highest BCUT2D eigenvalue weighted by Gasteiger charge is 2.37. The number of hydrogen-bond donors (Lipinski definition) is 1. The first kappa shape index (κ1) is 28.1. The van der Waals surface area contributed by atoms with Gasteiger partial charge in [0.2, 0.25) is 7.29 Å². The van der Waals surface area contributed by atoms with E-state index in [2.05, 4.69) is 37.1 Å². The molecule has 1 unspecified atom stereocenters. The molecule has 34 heavy (non-hydrogen) atoms. The molecule has 2 aromatic rings. The maximum Gasteiger partial charge on any atom is 0.307 e. The van der Waals surface area contributed by atoms with E-state index >= 15 is 4.57 Å². The molecule has 0 aliphatic rings. The molecule has 0 bridgehead atoms. The molecular formula is C29H42NO3P. The van der Waals surface area contributed by atoms with Gasteiger partial charge in [-0.05, 0) is 71.7 Å². The summed E-state index contributed by atoms with van der Waals surface area (Å²) in [6.07, 6.45) is 7.86. The summed E-state index contributed by atoms with van der Waals surface area (Å²) in [5, 5.41) is 5.00. The van der Waals surface area contributed by atoms with Gasteiger partial charge in [-0.15, -0.1) is 0 Å². The van der Waals surface area contributed by atoms with Crippen molar-refractivity contribution in [3.63, 3.8) is 0 Å². The average molecular weight is 484 g/mol. The van der Waals surface area contributed by atoms with Gasteiger partial charge in [-0.25, -0.2) is 0 Å². The van der Waals surface area contributed by atoms with E-state index < -0.39 is 12.8 Å². The van der Waals surface area contributed by atoms with Crippen molar-refractivity contribution in [1.82, 2.24) is 5.09 Å². The number of allylic oxidation sites excluding steroid dienone is 1. The maximum absolute atomic E-state index is 15.0. The van der Waals surface area contributed by atoms with E-state index in [9.17, 15) is 4.79 Å². The van der Waals surface area contributed by atoms with Crippen molar-refractivity contribution in [2.45, 2.75) is 86.1 Å². The largest absolute Gasteiger partial charge is 0.466 e. The Morgan fingerprint density at radius 2 is 1.41 bits per heavy atom. The Bertz CT molecular complexity index is 963. The number of ether oxygens (including phenoxy) is 1. The summed E-state index contributed by atoms with van der Waals surface area (Å²) in [4.78, 5) is 12.8. The number of rotatable bonds is 12. The Balaban J connectivity index is 2.59. The highest BCUT2D eigenvalue weighted by molar-refractivity contribution is 7.77. The van der Waals surface area contributed by atoms with E-state index in [1.165, 1.54) is 0 Å². The number of benzene rings is 2. The van der Waals surface area contributed by atoms with Gasteiger partial charge in [-0.3, -0.25) is 14.4 Å². The first-order valence-corrected chi connectivity index (χ1v) is 14.1. The summed E-state index contributed by atoms with van der Waals surface area (Å²) in [5.74, 6) is -0.281. The molecule has 0 amide bonds. The monoisotopic (exact) mass is 483 g/mol. The van der Waals surface area contributed by atoms with Gasteiger partial charge in [0.25, 0.3) is 0 Å². The SMILES string of the molecule is CCC/C=C/C(C)(CC(=O)OCCCC)NP(=O)(c1cc(C)cc(C)c1)c1cc(C)cc(C)c1. The van der Waals surface area contributed by atoms with Crippen molar-refractivity contribution in [3.8, 4) is 0 Å². The van der Waals surface area contributed by atoms with E-state index in [-0.39, 0.29) is 12.4 Å². The molecule has 1 atom stereocenters. The minimum Gasteiger partial charge on any atom is -0.466 e. The summed E-state index contributed by atoms with van der Waals surface area (Å²) in [7, 11) is -3.30. The maximum atomic E-state index is 15.0. The lowest BCUT2D eigenvalue weighted by molar-refractivity contribution is -0.144. The lowest BCUT2D eigenvalue weighted by Crippen LogP contribution is -2.45. The van der Waals surface area contributed by atoms with Crippen LogP contribution in [0.15, 0.2) is 48.6 Å². The zero-order chi connectivity index (χ0) is 25.4. The molecule has 0 aliphatic carbocycles. The van der Waals surface area contributed by atoms with Crippen LogP contribution in [0.3, 0.4) is 0 Å². The van der Waals surface area contributed by atoms with Crippen molar-refractivity contribution in [2.24, 2.45) is 0 Å². The van der Waals surface area contributed by atoms with Crippen LogP contribution < -0.4 is 15.7 Å². The highest BCUT2D eigenvalue weighted by Crippen LogP contribution is 2.43. The summed E-state index contributed by atoms with van der Waals surface area (Å²) in [5.41, 5.74) is 3.41. The molecule has 2 aromatic carbocycles. The van der Waals surface area contributed by atoms with Crippen LogP contribution in [0.25, 0.3) is 0 Å². The first-order valence-electron chi connectivity index (χ1n) is 12.4. The zero-order valence-electron chi connectivity index (χ0n) is 22.0. The van der Waals surface area contributed by atoms with Crippen LogP contribution in [-0.2, 0) is 14.1 Å². The van der Waals surface area contributed by atoms with Crippen LogP contribution in [0.1, 0.15) is 75.1 Å². The zero-order valence-corrected chi connectivity index (χ0v) is 22.9. The number of hydrogen-bond acceptors (Lipinski definition) is 3. The molecule has 1 N–H and O–H groups in total. The van der Waals surface area contributed by atoms with Gasteiger partial charge >= 0.3 is 5.97 Å². The predicted octanol–water partition coefficient (Wildman–Crippen LogP) is 6.59. The molecule has 5 heteroatoms. The van der Waals surface area contributed by atoms with Crippen molar-refractivity contribution < 1.29 is 14.1 Å². The van der Waals surface area contributed by atoms with Gasteiger partial charge in [0.05, 0.1) is 18.6 Å². The van der Waals surface area contributed by atoms with Gasteiger partial charge < -0.3 is 4.74 Å². The topological polar surface area (TPSA) is 55.4 Å². The highest BCUT2D eigenvalue weighted by atomic mass is 31.2. The van der Waals surface area contributed by atoms with Crippen molar-refractivity contribution >= 4 is 23.9 Å². The summed E-state index contributed by atoms with van der Waals surface area (Å²) in [6.45, 7) is 14.6. The molecule has 2 rings (SSSR count). The minimum absolute atomic E-state index is 0.108. The number of esters is 1. The van der Waals surface area contributed by atoms with Gasteiger partial charge in [0, 0.05) is 10.6 Å². The van der Waals surface area contributed by atoms with Crippen LogP contribution in [0.2, 0.25) is 0 Å². The quantitative estimate of drug-likeness (QED) is 0.160. The average Bonchev–Trinajstić information content (AvgIpc) is 2.72. The number of nitrogens with one attached hydrogen (secondary N) is 1. The fourth-order valence-electron chi connectivity index (χ4n) is 4.23. The molecule has 0 radical (unpaired) electrons. The van der Waals surface area contributed by atoms with E-state index in [0.717, 1.165) is 58.5 Å². The molecular weight excluding hydrogens is 441 g/mol. The molecule has 0 aliphatic heterocycles.